The third-order valence-corrected chi connectivity index (χ3v) is 3.48. The molecule has 1 N–H and O–H groups in total. The van der Waals surface area contributed by atoms with Gasteiger partial charge in [-0.15, -0.1) is 0 Å². The van der Waals surface area contributed by atoms with E-state index in [2.05, 4.69) is 16.3 Å². The zero-order valence-corrected chi connectivity index (χ0v) is 13.1. The number of hydrogen-bond donors (Lipinski definition) is 1. The average molecular weight is 289 g/mol. The average Bonchev–Trinajstić information content (AvgIpc) is 2.48. The second-order valence-corrected chi connectivity index (χ2v) is 4.99. The fourth-order valence-corrected chi connectivity index (χ4v) is 2.37. The maximum atomic E-state index is 12.3. The first-order chi connectivity index (χ1) is 10.0. The molecular weight excluding hydrogens is 266 g/mol. The van der Waals surface area contributed by atoms with Gasteiger partial charge in [-0.3, -0.25) is 9.69 Å². The molecule has 0 aromatic heterocycles. The molecule has 0 saturated carbocycles. The molecule has 0 aliphatic rings. The van der Waals surface area contributed by atoms with E-state index in [1.165, 1.54) is 0 Å². The number of hydrogen-bond acceptors (Lipinski definition) is 4. The minimum Gasteiger partial charge on any atom is -0.383 e. The van der Waals surface area contributed by atoms with Crippen LogP contribution in [-0.4, -0.2) is 43.2 Å². The Bertz CT molecular complexity index is 510. The van der Waals surface area contributed by atoms with E-state index in [0.717, 1.165) is 6.54 Å². The van der Waals surface area contributed by atoms with Crippen molar-refractivity contribution in [1.29, 1.82) is 5.26 Å². The van der Waals surface area contributed by atoms with Gasteiger partial charge in [-0.25, -0.2) is 0 Å². The fourth-order valence-electron chi connectivity index (χ4n) is 2.37. The van der Waals surface area contributed by atoms with Crippen LogP contribution in [0.2, 0.25) is 0 Å². The summed E-state index contributed by atoms with van der Waals surface area (Å²) in [5, 5.41) is 11.7. The number of anilines is 1. The van der Waals surface area contributed by atoms with Gasteiger partial charge < -0.3 is 10.1 Å². The van der Waals surface area contributed by atoms with Gasteiger partial charge in [-0.1, -0.05) is 13.0 Å². The van der Waals surface area contributed by atoms with Crippen molar-refractivity contribution in [3.8, 4) is 6.07 Å². The molecule has 0 aliphatic carbocycles. The summed E-state index contributed by atoms with van der Waals surface area (Å²) in [5.74, 6) is -0.0881. The van der Waals surface area contributed by atoms with Crippen LogP contribution in [0, 0.1) is 11.3 Å². The highest BCUT2D eigenvalue weighted by Crippen LogP contribution is 2.13. The van der Waals surface area contributed by atoms with Crippen molar-refractivity contribution in [2.45, 2.75) is 32.9 Å². The lowest BCUT2D eigenvalue weighted by atomic mass is 10.1. The topological polar surface area (TPSA) is 65.4 Å². The van der Waals surface area contributed by atoms with E-state index in [1.54, 1.807) is 31.4 Å². The quantitative estimate of drug-likeness (QED) is 0.836. The van der Waals surface area contributed by atoms with Crippen LogP contribution in [0.4, 0.5) is 5.69 Å². The van der Waals surface area contributed by atoms with Crippen LogP contribution in [0.3, 0.4) is 0 Å². The summed E-state index contributed by atoms with van der Waals surface area (Å²) in [5.41, 5.74) is 1.17. The Labute approximate surface area is 126 Å². The molecule has 21 heavy (non-hydrogen) atoms. The van der Waals surface area contributed by atoms with Gasteiger partial charge in [0.15, 0.2) is 0 Å². The summed E-state index contributed by atoms with van der Waals surface area (Å²) >= 11 is 0. The van der Waals surface area contributed by atoms with Crippen molar-refractivity contribution in [1.82, 2.24) is 4.90 Å². The number of rotatable bonds is 7. The fraction of sp³-hybridized carbons (Fsp3) is 0.500. The Hall–Kier alpha value is -1.90. The van der Waals surface area contributed by atoms with E-state index in [0.29, 0.717) is 17.9 Å². The molecule has 5 nitrogen and oxygen atoms in total. The number of nitrogens with zero attached hydrogens (tertiary/aromatic N) is 2. The molecule has 1 aromatic carbocycles. The van der Waals surface area contributed by atoms with Gasteiger partial charge in [0, 0.05) is 18.8 Å². The molecule has 0 heterocycles. The molecule has 0 radical (unpaired) electrons. The van der Waals surface area contributed by atoms with Crippen molar-refractivity contribution < 1.29 is 9.53 Å². The molecule has 0 spiro atoms. The third kappa shape index (κ3) is 4.85. The van der Waals surface area contributed by atoms with Gasteiger partial charge in [0.1, 0.15) is 0 Å². The largest absolute Gasteiger partial charge is 0.383 e. The van der Waals surface area contributed by atoms with Gasteiger partial charge in [-0.05, 0) is 38.6 Å². The molecule has 2 atom stereocenters. The summed E-state index contributed by atoms with van der Waals surface area (Å²) in [7, 11) is 1.66. The van der Waals surface area contributed by atoms with E-state index in [9.17, 15) is 4.79 Å². The zero-order chi connectivity index (χ0) is 15.8. The third-order valence-electron chi connectivity index (χ3n) is 3.48. The lowest BCUT2D eigenvalue weighted by molar-refractivity contribution is -0.121. The predicted molar refractivity (Wildman–Crippen MR) is 83.0 cm³/mol. The minimum absolute atomic E-state index is 0.0881. The number of ether oxygens (including phenoxy) is 1. The number of nitrogens with one attached hydrogen (secondary N) is 1. The van der Waals surface area contributed by atoms with Gasteiger partial charge in [0.2, 0.25) is 5.91 Å². The van der Waals surface area contributed by atoms with Crippen molar-refractivity contribution in [2.24, 2.45) is 0 Å². The van der Waals surface area contributed by atoms with Gasteiger partial charge in [0.05, 0.1) is 24.3 Å². The first-order valence-electron chi connectivity index (χ1n) is 7.09. The molecule has 0 aliphatic heterocycles. The molecule has 0 saturated heterocycles. The summed E-state index contributed by atoms with van der Waals surface area (Å²) in [6.45, 7) is 7.27. The van der Waals surface area contributed by atoms with Crippen LogP contribution in [0.5, 0.6) is 0 Å². The maximum absolute atomic E-state index is 12.3. The van der Waals surface area contributed by atoms with E-state index >= 15 is 0 Å². The normalized spacial score (nSPS) is 13.5. The maximum Gasteiger partial charge on any atom is 0.241 e. The van der Waals surface area contributed by atoms with Gasteiger partial charge in [0.25, 0.3) is 0 Å². The Morgan fingerprint density at radius 2 is 2.19 bits per heavy atom. The van der Waals surface area contributed by atoms with Crippen molar-refractivity contribution in [2.75, 3.05) is 25.6 Å². The van der Waals surface area contributed by atoms with Crippen LogP contribution in [0.15, 0.2) is 24.3 Å². The number of carbonyl (C=O) groups is 1. The minimum atomic E-state index is -0.272. The Balaban J connectivity index is 2.74. The molecule has 0 fully saturated rings. The molecule has 1 rings (SSSR count). The Morgan fingerprint density at radius 3 is 2.76 bits per heavy atom. The SMILES string of the molecule is CCN(C(C)COC)C(C)C(=O)Nc1cccc(C#N)c1. The molecular formula is C16H23N3O2. The number of nitriles is 1. The van der Waals surface area contributed by atoms with Gasteiger partial charge >= 0.3 is 0 Å². The molecule has 1 aromatic rings. The monoisotopic (exact) mass is 289 g/mol. The summed E-state index contributed by atoms with van der Waals surface area (Å²) < 4.78 is 5.16. The lowest BCUT2D eigenvalue weighted by Gasteiger charge is -2.32. The molecule has 2 unspecified atom stereocenters. The second kappa shape index (κ2) is 8.40. The van der Waals surface area contributed by atoms with Crippen LogP contribution < -0.4 is 5.32 Å². The number of methoxy groups -OCH3 is 1. The molecule has 1 amide bonds. The first-order valence-corrected chi connectivity index (χ1v) is 7.09. The number of likely N-dealkylation sites (N-methyl/N-ethyl adjacent to an activating group) is 1. The highest BCUT2D eigenvalue weighted by molar-refractivity contribution is 5.94. The van der Waals surface area contributed by atoms with E-state index in [1.807, 2.05) is 20.8 Å². The first kappa shape index (κ1) is 17.2. The van der Waals surface area contributed by atoms with Crippen LogP contribution in [0.25, 0.3) is 0 Å². The van der Waals surface area contributed by atoms with Crippen molar-refractivity contribution >= 4 is 11.6 Å². The molecule has 0 bridgehead atoms. The Morgan fingerprint density at radius 1 is 1.48 bits per heavy atom. The highest BCUT2D eigenvalue weighted by Gasteiger charge is 2.24. The number of benzene rings is 1. The molecule has 5 heteroatoms. The van der Waals surface area contributed by atoms with Crippen LogP contribution in [0.1, 0.15) is 26.3 Å². The highest BCUT2D eigenvalue weighted by atomic mass is 16.5. The predicted octanol–water partition coefficient (Wildman–Crippen LogP) is 2.24. The zero-order valence-electron chi connectivity index (χ0n) is 13.1. The lowest BCUT2D eigenvalue weighted by Crippen LogP contribution is -2.48. The van der Waals surface area contributed by atoms with Gasteiger partial charge in [-0.2, -0.15) is 5.26 Å². The smallest absolute Gasteiger partial charge is 0.241 e. The van der Waals surface area contributed by atoms with Crippen molar-refractivity contribution in [3.05, 3.63) is 29.8 Å². The van der Waals surface area contributed by atoms with E-state index in [4.69, 9.17) is 10.00 Å². The van der Waals surface area contributed by atoms with E-state index < -0.39 is 0 Å². The number of carbonyl (C=O) groups excluding carboxylic acids is 1. The van der Waals surface area contributed by atoms with Crippen molar-refractivity contribution in [3.63, 3.8) is 0 Å². The molecule has 114 valence electrons. The summed E-state index contributed by atoms with van der Waals surface area (Å²) in [4.78, 5) is 14.4. The Kier molecular flexibility index (Phi) is 6.86. The standard InChI is InChI=1S/C16H23N3O2/c1-5-19(12(2)11-21-4)13(3)16(20)18-15-8-6-7-14(9-15)10-17/h6-9,12-13H,5,11H2,1-4H3,(H,18,20). The van der Waals surface area contributed by atoms with Crippen LogP contribution >= 0.6 is 0 Å². The van der Waals surface area contributed by atoms with Crippen LogP contribution in [-0.2, 0) is 9.53 Å². The number of amides is 1. The summed E-state index contributed by atoms with van der Waals surface area (Å²) in [6.07, 6.45) is 0. The summed E-state index contributed by atoms with van der Waals surface area (Å²) in [6, 6.07) is 8.85. The second-order valence-electron chi connectivity index (χ2n) is 4.99. The van der Waals surface area contributed by atoms with E-state index in [-0.39, 0.29) is 18.0 Å².